The summed E-state index contributed by atoms with van der Waals surface area (Å²) in [5, 5.41) is 1.07. The summed E-state index contributed by atoms with van der Waals surface area (Å²) < 4.78 is 6.01. The van der Waals surface area contributed by atoms with Gasteiger partial charge in [-0.1, -0.05) is 12.1 Å². The summed E-state index contributed by atoms with van der Waals surface area (Å²) in [4.78, 5) is 11.9. The van der Waals surface area contributed by atoms with Gasteiger partial charge in [0.05, 0.1) is 7.05 Å². The normalized spacial score (nSPS) is 23.4. The summed E-state index contributed by atoms with van der Waals surface area (Å²) >= 11 is 0. The number of para-hydroxylation sites is 1. The first-order valence-electron chi connectivity index (χ1n) is 7.11. The van der Waals surface area contributed by atoms with E-state index in [9.17, 15) is 0 Å². The number of piperazine rings is 1. The van der Waals surface area contributed by atoms with Crippen LogP contribution < -0.4 is 9.80 Å². The maximum atomic E-state index is 6.01. The van der Waals surface area contributed by atoms with Crippen molar-refractivity contribution in [1.29, 1.82) is 0 Å². The second kappa shape index (κ2) is 4.54. The second-order valence-electron chi connectivity index (χ2n) is 5.56. The maximum absolute atomic E-state index is 6.01. The Morgan fingerprint density at radius 3 is 2.70 bits per heavy atom. The smallest absolute Gasteiger partial charge is 0.273 e. The largest absolute Gasteiger partial charge is 0.446 e. The lowest BCUT2D eigenvalue weighted by Gasteiger charge is -2.25. The number of hydrogen-bond acceptors (Lipinski definition) is 3. The highest BCUT2D eigenvalue weighted by Crippen LogP contribution is 2.28. The molecule has 0 radical (unpaired) electrons. The Hall–Kier alpha value is -1.98. The number of aromatic nitrogens is 2. The molecule has 1 saturated heterocycles. The first-order valence-corrected chi connectivity index (χ1v) is 7.11. The molecule has 20 heavy (non-hydrogen) atoms. The number of benzene rings is 1. The van der Waals surface area contributed by atoms with E-state index in [1.165, 1.54) is 18.0 Å². The topological polar surface area (TPSA) is 47.8 Å². The molecule has 1 aliphatic heterocycles. The zero-order valence-electron chi connectivity index (χ0n) is 11.5. The molecule has 102 valence electrons. The van der Waals surface area contributed by atoms with Crippen molar-refractivity contribution in [3.63, 3.8) is 0 Å². The molecule has 0 amide bonds. The fourth-order valence-electron chi connectivity index (χ4n) is 2.99. The van der Waals surface area contributed by atoms with Crippen molar-refractivity contribution in [2.24, 2.45) is 0 Å². The van der Waals surface area contributed by atoms with Gasteiger partial charge in [-0.3, -0.25) is 4.90 Å². The predicted octanol–water partition coefficient (Wildman–Crippen LogP) is -0.579. The fourth-order valence-corrected chi connectivity index (χ4v) is 2.99. The third-order valence-electron chi connectivity index (χ3n) is 4.20. The number of hydrogen-bond donors (Lipinski definition) is 2. The van der Waals surface area contributed by atoms with Gasteiger partial charge in [-0.15, -0.1) is 0 Å². The Kier molecular flexibility index (Phi) is 2.68. The number of rotatable bonds is 1. The van der Waals surface area contributed by atoms with Gasteiger partial charge in [-0.25, -0.2) is 4.98 Å². The van der Waals surface area contributed by atoms with Gasteiger partial charge in [0.2, 0.25) is 5.58 Å². The van der Waals surface area contributed by atoms with Gasteiger partial charge >= 0.3 is 0 Å². The van der Waals surface area contributed by atoms with Crippen LogP contribution in [0.15, 0.2) is 35.0 Å². The minimum absolute atomic E-state index is 0.850. The molecule has 5 nitrogen and oxygen atoms in total. The molecular formula is C15H18N4O+2. The van der Waals surface area contributed by atoms with E-state index >= 15 is 0 Å². The SMILES string of the molecule is C[NH+]1CC[NH+](c2ncnc3c2oc2ccccc23)CC1. The van der Waals surface area contributed by atoms with Crippen molar-refractivity contribution in [1.82, 2.24) is 9.97 Å². The molecule has 0 unspecified atom stereocenters. The standard InChI is InChI=1S/C15H16N4O/c1-18-6-8-19(9-7-18)15-14-13(16-10-17-15)11-4-2-3-5-12(11)20-14/h2-5,10H,6-9H2,1H3/p+2. The van der Waals surface area contributed by atoms with Crippen LogP contribution in [0.2, 0.25) is 0 Å². The third kappa shape index (κ3) is 1.78. The number of furan rings is 1. The van der Waals surface area contributed by atoms with E-state index in [1.54, 1.807) is 11.2 Å². The highest BCUT2D eigenvalue weighted by atomic mass is 16.3. The van der Waals surface area contributed by atoms with Crippen LogP contribution in [-0.2, 0) is 0 Å². The molecule has 0 atom stereocenters. The second-order valence-corrected chi connectivity index (χ2v) is 5.56. The van der Waals surface area contributed by atoms with E-state index < -0.39 is 0 Å². The number of nitrogens with zero attached hydrogens (tertiary/aromatic N) is 2. The first kappa shape index (κ1) is 11.8. The number of quaternary nitrogens is 2. The maximum Gasteiger partial charge on any atom is 0.273 e. The van der Waals surface area contributed by atoms with Crippen molar-refractivity contribution < 1.29 is 14.2 Å². The van der Waals surface area contributed by atoms with E-state index in [0.717, 1.165) is 41.0 Å². The van der Waals surface area contributed by atoms with E-state index in [4.69, 9.17) is 4.42 Å². The molecule has 3 heterocycles. The summed E-state index contributed by atoms with van der Waals surface area (Å²) in [7, 11) is 2.24. The molecule has 0 saturated carbocycles. The monoisotopic (exact) mass is 270 g/mol. The molecule has 3 aromatic rings. The fraction of sp³-hybridized carbons (Fsp3) is 0.333. The molecule has 2 N–H and O–H groups in total. The van der Waals surface area contributed by atoms with Crippen molar-refractivity contribution >= 4 is 27.9 Å². The Labute approximate surface area is 116 Å². The average molecular weight is 270 g/mol. The van der Waals surface area contributed by atoms with E-state index in [2.05, 4.69) is 23.1 Å². The number of nitrogens with one attached hydrogen (secondary N) is 2. The Morgan fingerprint density at radius 1 is 1.05 bits per heavy atom. The zero-order chi connectivity index (χ0) is 13.5. The average Bonchev–Trinajstić information content (AvgIpc) is 2.87. The lowest BCUT2D eigenvalue weighted by atomic mass is 10.2. The van der Waals surface area contributed by atoms with Gasteiger partial charge in [0.1, 0.15) is 43.6 Å². The molecule has 5 heteroatoms. The van der Waals surface area contributed by atoms with Crippen LogP contribution in [0.4, 0.5) is 5.82 Å². The molecule has 1 aromatic carbocycles. The minimum Gasteiger partial charge on any atom is -0.446 e. The van der Waals surface area contributed by atoms with Crippen LogP contribution in [0, 0.1) is 0 Å². The zero-order valence-corrected chi connectivity index (χ0v) is 11.5. The summed E-state index contributed by atoms with van der Waals surface area (Å²) in [5.41, 5.74) is 2.68. The number of likely N-dealkylation sites (N-methyl/N-ethyl adjacent to an activating group) is 1. The van der Waals surface area contributed by atoms with Gasteiger partial charge < -0.3 is 9.32 Å². The van der Waals surface area contributed by atoms with Crippen molar-refractivity contribution in [3.8, 4) is 0 Å². The van der Waals surface area contributed by atoms with Gasteiger partial charge in [0.25, 0.3) is 5.82 Å². The lowest BCUT2D eigenvalue weighted by molar-refractivity contribution is -0.975. The molecule has 0 aliphatic carbocycles. The minimum atomic E-state index is 0.850. The van der Waals surface area contributed by atoms with E-state index in [0.29, 0.717) is 0 Å². The van der Waals surface area contributed by atoms with Gasteiger partial charge in [-0.05, 0) is 12.1 Å². The number of fused-ring (bicyclic) bond motifs is 3. The van der Waals surface area contributed by atoms with Crippen LogP contribution in [-0.4, -0.2) is 43.2 Å². The van der Waals surface area contributed by atoms with Gasteiger partial charge in [0.15, 0.2) is 0 Å². The van der Waals surface area contributed by atoms with Crippen molar-refractivity contribution in [3.05, 3.63) is 30.6 Å². The molecule has 4 rings (SSSR count). The van der Waals surface area contributed by atoms with E-state index in [1.807, 2.05) is 18.2 Å². The Morgan fingerprint density at radius 2 is 1.85 bits per heavy atom. The summed E-state index contributed by atoms with van der Waals surface area (Å²) in [6, 6.07) is 8.06. The van der Waals surface area contributed by atoms with Crippen LogP contribution in [0.25, 0.3) is 22.1 Å². The Bertz CT molecular complexity index is 759. The van der Waals surface area contributed by atoms with Crippen LogP contribution >= 0.6 is 0 Å². The van der Waals surface area contributed by atoms with E-state index in [-0.39, 0.29) is 0 Å². The summed E-state index contributed by atoms with van der Waals surface area (Å²) in [6.07, 6.45) is 1.66. The molecule has 2 aromatic heterocycles. The molecule has 1 aliphatic rings. The lowest BCUT2D eigenvalue weighted by Crippen LogP contribution is -3.25. The molecule has 0 spiro atoms. The van der Waals surface area contributed by atoms with Crippen LogP contribution in [0.5, 0.6) is 0 Å². The predicted molar refractivity (Wildman–Crippen MR) is 76.3 cm³/mol. The van der Waals surface area contributed by atoms with Gasteiger partial charge in [-0.2, -0.15) is 4.98 Å². The quantitative estimate of drug-likeness (QED) is 0.622. The third-order valence-corrected chi connectivity index (χ3v) is 4.20. The molecular weight excluding hydrogens is 252 g/mol. The highest BCUT2D eigenvalue weighted by Gasteiger charge is 2.27. The highest BCUT2D eigenvalue weighted by molar-refractivity contribution is 6.04. The van der Waals surface area contributed by atoms with Crippen molar-refractivity contribution in [2.75, 3.05) is 33.2 Å². The van der Waals surface area contributed by atoms with Crippen LogP contribution in [0.3, 0.4) is 0 Å². The van der Waals surface area contributed by atoms with Crippen LogP contribution in [0.1, 0.15) is 0 Å². The van der Waals surface area contributed by atoms with Crippen molar-refractivity contribution in [2.45, 2.75) is 0 Å². The first-order chi connectivity index (χ1) is 9.83. The Balaban J connectivity index is 1.87. The summed E-state index contributed by atoms with van der Waals surface area (Å²) in [5.74, 6) is 1.01. The summed E-state index contributed by atoms with van der Waals surface area (Å²) in [6.45, 7) is 4.52. The molecule has 0 bridgehead atoms. The molecule has 1 fully saturated rings. The van der Waals surface area contributed by atoms with Gasteiger partial charge in [0, 0.05) is 5.39 Å².